The maximum Gasteiger partial charge on any atom is 0.313 e. The summed E-state index contributed by atoms with van der Waals surface area (Å²) in [6.07, 6.45) is 0. The molecule has 1 aromatic rings. The van der Waals surface area contributed by atoms with Crippen molar-refractivity contribution in [2.45, 2.75) is 40.0 Å². The third-order valence-electron chi connectivity index (χ3n) is 3.02. The number of hydrogen-bond donors (Lipinski definition) is 1. The van der Waals surface area contributed by atoms with E-state index in [0.29, 0.717) is 6.54 Å². The summed E-state index contributed by atoms with van der Waals surface area (Å²) in [5, 5.41) is 2.18. The summed E-state index contributed by atoms with van der Waals surface area (Å²) in [4.78, 5) is 10.8. The molecule has 3 heteroatoms. The van der Waals surface area contributed by atoms with Gasteiger partial charge in [0, 0.05) is 12.0 Å². The SMILES string of the molecule is Cc1cc(C)c(C(C)(C)CNC(=O)Cl)c(C)c1. The largest absolute Gasteiger partial charge is 0.342 e. The highest BCUT2D eigenvalue weighted by Crippen LogP contribution is 2.29. The van der Waals surface area contributed by atoms with Gasteiger partial charge in [-0.2, -0.15) is 0 Å². The van der Waals surface area contributed by atoms with Crippen LogP contribution in [0.5, 0.6) is 0 Å². The van der Waals surface area contributed by atoms with Crippen LogP contribution < -0.4 is 5.32 Å². The molecule has 0 spiro atoms. The average molecular weight is 254 g/mol. The van der Waals surface area contributed by atoms with E-state index in [4.69, 9.17) is 11.6 Å². The van der Waals surface area contributed by atoms with Crippen LogP contribution >= 0.6 is 11.6 Å². The highest BCUT2D eigenvalue weighted by molar-refractivity contribution is 6.62. The van der Waals surface area contributed by atoms with Crippen molar-refractivity contribution < 1.29 is 4.79 Å². The fourth-order valence-corrected chi connectivity index (χ4v) is 2.69. The summed E-state index contributed by atoms with van der Waals surface area (Å²) in [7, 11) is 0. The Bertz CT molecular complexity index is 415. The molecule has 0 aromatic heterocycles. The molecular formula is C14H20ClNO. The second kappa shape index (κ2) is 5.09. The molecule has 0 unspecified atom stereocenters. The molecule has 17 heavy (non-hydrogen) atoms. The van der Waals surface area contributed by atoms with E-state index in [1.807, 2.05) is 0 Å². The van der Waals surface area contributed by atoms with Gasteiger partial charge in [0.2, 0.25) is 0 Å². The van der Waals surface area contributed by atoms with Gasteiger partial charge < -0.3 is 5.32 Å². The third kappa shape index (κ3) is 3.47. The molecule has 0 fully saturated rings. The van der Waals surface area contributed by atoms with Crippen LogP contribution in [0.2, 0.25) is 0 Å². The molecule has 0 saturated heterocycles. The quantitative estimate of drug-likeness (QED) is 0.644. The van der Waals surface area contributed by atoms with Gasteiger partial charge in [0.25, 0.3) is 0 Å². The lowest BCUT2D eigenvalue weighted by molar-refractivity contribution is 0.257. The van der Waals surface area contributed by atoms with Crippen LogP contribution in [0.25, 0.3) is 0 Å². The Morgan fingerprint density at radius 1 is 1.24 bits per heavy atom. The zero-order chi connectivity index (χ0) is 13.2. The van der Waals surface area contributed by atoms with Gasteiger partial charge in [-0.25, -0.2) is 0 Å². The van der Waals surface area contributed by atoms with E-state index in [2.05, 4.69) is 52.1 Å². The molecular weight excluding hydrogens is 234 g/mol. The molecule has 94 valence electrons. The van der Waals surface area contributed by atoms with Gasteiger partial charge in [-0.1, -0.05) is 31.5 Å². The van der Waals surface area contributed by atoms with E-state index in [-0.39, 0.29) is 5.41 Å². The monoisotopic (exact) mass is 253 g/mol. The first-order chi connectivity index (χ1) is 7.74. The molecule has 0 bridgehead atoms. The van der Waals surface area contributed by atoms with Crippen molar-refractivity contribution in [1.82, 2.24) is 5.32 Å². The van der Waals surface area contributed by atoms with Crippen molar-refractivity contribution in [2.24, 2.45) is 0 Å². The lowest BCUT2D eigenvalue weighted by Gasteiger charge is -2.29. The van der Waals surface area contributed by atoms with E-state index in [1.54, 1.807) is 0 Å². The minimum atomic E-state index is -0.500. The molecule has 0 aliphatic rings. The normalized spacial score (nSPS) is 11.4. The van der Waals surface area contributed by atoms with Crippen LogP contribution in [0.15, 0.2) is 12.1 Å². The predicted molar refractivity (Wildman–Crippen MR) is 72.9 cm³/mol. The molecule has 1 aromatic carbocycles. The molecule has 0 aliphatic heterocycles. The Balaban J connectivity index is 3.09. The van der Waals surface area contributed by atoms with E-state index in [1.165, 1.54) is 22.3 Å². The number of carbonyl (C=O) groups is 1. The molecule has 1 rings (SSSR count). The summed E-state index contributed by atoms with van der Waals surface area (Å²) >= 11 is 5.33. The number of rotatable bonds is 3. The first-order valence-electron chi connectivity index (χ1n) is 5.75. The van der Waals surface area contributed by atoms with Crippen molar-refractivity contribution >= 4 is 17.0 Å². The van der Waals surface area contributed by atoms with Gasteiger partial charge in [0.15, 0.2) is 0 Å². The van der Waals surface area contributed by atoms with Gasteiger partial charge in [0.05, 0.1) is 0 Å². The second-order valence-electron chi connectivity index (χ2n) is 5.28. The topological polar surface area (TPSA) is 29.1 Å². The zero-order valence-electron chi connectivity index (χ0n) is 11.1. The van der Waals surface area contributed by atoms with Crippen molar-refractivity contribution in [3.63, 3.8) is 0 Å². The first-order valence-corrected chi connectivity index (χ1v) is 6.13. The van der Waals surface area contributed by atoms with Crippen molar-refractivity contribution in [1.29, 1.82) is 0 Å². The van der Waals surface area contributed by atoms with Crippen LogP contribution in [0, 0.1) is 20.8 Å². The number of hydrogen-bond acceptors (Lipinski definition) is 1. The first kappa shape index (κ1) is 14.0. The fourth-order valence-electron chi connectivity index (χ4n) is 2.63. The molecule has 1 N–H and O–H groups in total. The lowest BCUT2D eigenvalue weighted by Crippen LogP contribution is -2.35. The van der Waals surface area contributed by atoms with Gasteiger partial charge in [-0.05, 0) is 49.1 Å². The van der Waals surface area contributed by atoms with Crippen LogP contribution in [0.1, 0.15) is 36.1 Å². The highest BCUT2D eigenvalue weighted by Gasteiger charge is 2.24. The summed E-state index contributed by atoms with van der Waals surface area (Å²) in [6, 6.07) is 4.35. The lowest BCUT2D eigenvalue weighted by atomic mass is 9.79. The van der Waals surface area contributed by atoms with Crippen molar-refractivity contribution in [3.05, 3.63) is 34.4 Å². The second-order valence-corrected chi connectivity index (χ2v) is 5.63. The van der Waals surface area contributed by atoms with Gasteiger partial charge in [0.1, 0.15) is 0 Å². The Kier molecular flexibility index (Phi) is 4.21. The number of carbonyl (C=O) groups excluding carboxylic acids is 1. The molecule has 0 saturated carbocycles. The summed E-state index contributed by atoms with van der Waals surface area (Å²) in [5.74, 6) is 0. The van der Waals surface area contributed by atoms with Crippen LogP contribution in [0.3, 0.4) is 0 Å². The molecule has 1 amide bonds. The summed E-state index contributed by atoms with van der Waals surface area (Å²) in [6.45, 7) is 11.1. The molecule has 2 nitrogen and oxygen atoms in total. The number of halogens is 1. The number of benzene rings is 1. The number of aryl methyl sites for hydroxylation is 3. The minimum Gasteiger partial charge on any atom is -0.342 e. The smallest absolute Gasteiger partial charge is 0.313 e. The Hall–Kier alpha value is -1.02. The Morgan fingerprint density at radius 2 is 1.71 bits per heavy atom. The molecule has 0 radical (unpaired) electrons. The van der Waals surface area contributed by atoms with Gasteiger partial charge in [-0.15, -0.1) is 0 Å². The molecule has 0 aliphatic carbocycles. The average Bonchev–Trinajstić information content (AvgIpc) is 2.12. The number of amides is 1. The third-order valence-corrected chi connectivity index (χ3v) is 3.16. The van der Waals surface area contributed by atoms with Crippen molar-refractivity contribution in [2.75, 3.05) is 6.54 Å². The highest BCUT2D eigenvalue weighted by atomic mass is 35.5. The minimum absolute atomic E-state index is 0.119. The summed E-state index contributed by atoms with van der Waals surface area (Å²) < 4.78 is 0. The number of nitrogens with one attached hydrogen (secondary N) is 1. The maximum absolute atomic E-state index is 10.8. The van der Waals surface area contributed by atoms with E-state index in [0.717, 1.165) is 0 Å². The van der Waals surface area contributed by atoms with Crippen LogP contribution in [0.4, 0.5) is 4.79 Å². The Labute approximate surface area is 108 Å². The standard InChI is InChI=1S/C14H20ClNO/c1-9-6-10(2)12(11(3)7-9)14(4,5)8-16-13(15)17/h6-7H,8H2,1-5H3,(H,16,17). The zero-order valence-corrected chi connectivity index (χ0v) is 11.9. The van der Waals surface area contributed by atoms with Crippen molar-refractivity contribution in [3.8, 4) is 0 Å². The van der Waals surface area contributed by atoms with Gasteiger partial charge >= 0.3 is 5.37 Å². The maximum atomic E-state index is 10.8. The summed E-state index contributed by atoms with van der Waals surface area (Å²) in [5.41, 5.74) is 4.95. The fraction of sp³-hybridized carbons (Fsp3) is 0.500. The van der Waals surface area contributed by atoms with E-state index < -0.39 is 5.37 Å². The Morgan fingerprint density at radius 3 is 2.12 bits per heavy atom. The van der Waals surface area contributed by atoms with Crippen LogP contribution in [-0.4, -0.2) is 11.9 Å². The predicted octanol–water partition coefficient (Wildman–Crippen LogP) is 3.84. The van der Waals surface area contributed by atoms with E-state index in [9.17, 15) is 4.79 Å². The molecule has 0 atom stereocenters. The van der Waals surface area contributed by atoms with Crippen LogP contribution in [-0.2, 0) is 5.41 Å². The van der Waals surface area contributed by atoms with E-state index >= 15 is 0 Å². The molecule has 0 heterocycles. The van der Waals surface area contributed by atoms with Gasteiger partial charge in [-0.3, -0.25) is 4.79 Å².